The van der Waals surface area contributed by atoms with Crippen LogP contribution in [0, 0.1) is 0 Å². The molecule has 4 N–H and O–H groups in total. The number of benzene rings is 1. The van der Waals surface area contributed by atoms with Crippen LogP contribution in [0.1, 0.15) is 19.8 Å². The highest BCUT2D eigenvalue weighted by atomic mass is 19.4. The van der Waals surface area contributed by atoms with E-state index in [1.165, 1.54) is 6.07 Å². The molecule has 4 nitrogen and oxygen atoms in total. The SMILES string of the molecule is CC(N)CCC(=O)Nc1ccccc1NCC(F)(F)F. The highest BCUT2D eigenvalue weighted by Crippen LogP contribution is 2.23. The van der Waals surface area contributed by atoms with Crippen LogP contribution in [0.25, 0.3) is 0 Å². The van der Waals surface area contributed by atoms with Gasteiger partial charge in [-0.15, -0.1) is 0 Å². The number of anilines is 2. The normalized spacial score (nSPS) is 12.8. The summed E-state index contributed by atoms with van der Waals surface area (Å²) < 4.78 is 36.5. The minimum absolute atomic E-state index is 0.0978. The van der Waals surface area contributed by atoms with E-state index in [9.17, 15) is 18.0 Å². The zero-order chi connectivity index (χ0) is 15.2. The Labute approximate surface area is 115 Å². The molecular formula is C13H18F3N3O. The van der Waals surface area contributed by atoms with Crippen LogP contribution < -0.4 is 16.4 Å². The summed E-state index contributed by atoms with van der Waals surface area (Å²) in [5.41, 5.74) is 6.10. The zero-order valence-corrected chi connectivity index (χ0v) is 11.1. The van der Waals surface area contributed by atoms with Crippen molar-refractivity contribution in [2.24, 2.45) is 5.73 Å². The lowest BCUT2D eigenvalue weighted by atomic mass is 10.2. The number of para-hydroxylation sites is 2. The molecule has 1 atom stereocenters. The van der Waals surface area contributed by atoms with Gasteiger partial charge in [-0.05, 0) is 25.5 Å². The summed E-state index contributed by atoms with van der Waals surface area (Å²) in [7, 11) is 0. The highest BCUT2D eigenvalue weighted by molar-refractivity contribution is 5.94. The quantitative estimate of drug-likeness (QED) is 0.754. The summed E-state index contributed by atoms with van der Waals surface area (Å²) in [6.07, 6.45) is -3.57. The molecule has 1 amide bonds. The number of halogens is 3. The summed E-state index contributed by atoms with van der Waals surface area (Å²) in [6.45, 7) is 0.631. The number of nitrogens with two attached hydrogens (primary N) is 1. The number of rotatable bonds is 6. The van der Waals surface area contributed by atoms with Crippen LogP contribution in [-0.2, 0) is 4.79 Å². The standard InChI is InChI=1S/C13H18F3N3O/c1-9(17)6-7-12(20)19-11-5-3-2-4-10(11)18-8-13(14,15)16/h2-5,9,18H,6-8,17H2,1H3,(H,19,20). The van der Waals surface area contributed by atoms with Gasteiger partial charge >= 0.3 is 6.18 Å². The van der Waals surface area contributed by atoms with E-state index in [0.717, 1.165) is 0 Å². The number of hydrogen-bond acceptors (Lipinski definition) is 3. The monoisotopic (exact) mass is 289 g/mol. The van der Waals surface area contributed by atoms with Gasteiger partial charge in [0.15, 0.2) is 0 Å². The number of carbonyl (C=O) groups excluding carboxylic acids is 1. The Bertz CT molecular complexity index is 447. The zero-order valence-electron chi connectivity index (χ0n) is 11.1. The van der Waals surface area contributed by atoms with Crippen LogP contribution in [0.15, 0.2) is 24.3 Å². The van der Waals surface area contributed by atoms with E-state index < -0.39 is 12.7 Å². The minimum atomic E-state index is -4.31. The average molecular weight is 289 g/mol. The lowest BCUT2D eigenvalue weighted by molar-refractivity contribution is -0.116. The van der Waals surface area contributed by atoms with Crippen molar-refractivity contribution < 1.29 is 18.0 Å². The first-order valence-electron chi connectivity index (χ1n) is 6.23. The van der Waals surface area contributed by atoms with Crippen LogP contribution >= 0.6 is 0 Å². The molecule has 0 saturated heterocycles. The molecule has 1 rings (SSSR count). The lowest BCUT2D eigenvalue weighted by Crippen LogP contribution is -2.23. The van der Waals surface area contributed by atoms with Gasteiger partial charge in [0.25, 0.3) is 0 Å². The smallest absolute Gasteiger partial charge is 0.375 e. The molecule has 0 spiro atoms. The third kappa shape index (κ3) is 6.42. The third-order valence-corrected chi connectivity index (χ3v) is 2.51. The van der Waals surface area contributed by atoms with Gasteiger partial charge in [0.1, 0.15) is 6.54 Å². The fourth-order valence-corrected chi connectivity index (χ4v) is 1.51. The van der Waals surface area contributed by atoms with Gasteiger partial charge in [-0.25, -0.2) is 0 Å². The molecule has 0 bridgehead atoms. The highest BCUT2D eigenvalue weighted by Gasteiger charge is 2.26. The van der Waals surface area contributed by atoms with E-state index in [-0.39, 0.29) is 24.1 Å². The molecule has 112 valence electrons. The van der Waals surface area contributed by atoms with Gasteiger partial charge in [0, 0.05) is 12.5 Å². The maximum atomic E-state index is 12.2. The van der Waals surface area contributed by atoms with E-state index in [1.807, 2.05) is 0 Å². The second-order valence-electron chi connectivity index (χ2n) is 4.58. The van der Waals surface area contributed by atoms with E-state index in [1.54, 1.807) is 25.1 Å². The number of hydrogen-bond donors (Lipinski definition) is 3. The maximum absolute atomic E-state index is 12.2. The van der Waals surface area contributed by atoms with Gasteiger partial charge in [0.05, 0.1) is 11.4 Å². The van der Waals surface area contributed by atoms with Crippen molar-refractivity contribution in [3.63, 3.8) is 0 Å². The predicted octanol–water partition coefficient (Wildman–Crippen LogP) is 2.73. The number of alkyl halides is 3. The molecule has 1 unspecified atom stereocenters. The summed E-state index contributed by atoms with van der Waals surface area (Å²) in [5.74, 6) is -0.274. The van der Waals surface area contributed by atoms with Crippen LogP contribution in [0.2, 0.25) is 0 Å². The van der Waals surface area contributed by atoms with Gasteiger partial charge < -0.3 is 16.4 Å². The van der Waals surface area contributed by atoms with Crippen LogP contribution in [0.3, 0.4) is 0 Å². The first-order chi connectivity index (χ1) is 9.28. The number of amides is 1. The molecule has 0 saturated carbocycles. The van der Waals surface area contributed by atoms with Crippen molar-refractivity contribution in [1.82, 2.24) is 0 Å². The van der Waals surface area contributed by atoms with Crippen molar-refractivity contribution in [3.8, 4) is 0 Å². The van der Waals surface area contributed by atoms with E-state index in [4.69, 9.17) is 5.73 Å². The van der Waals surface area contributed by atoms with E-state index in [2.05, 4.69) is 10.6 Å². The lowest BCUT2D eigenvalue weighted by Gasteiger charge is -2.14. The van der Waals surface area contributed by atoms with Gasteiger partial charge in [-0.2, -0.15) is 13.2 Å². The predicted molar refractivity (Wildman–Crippen MR) is 72.5 cm³/mol. The molecule has 0 aliphatic heterocycles. The molecule has 0 aliphatic carbocycles. The second-order valence-corrected chi connectivity index (χ2v) is 4.58. The molecular weight excluding hydrogens is 271 g/mol. The topological polar surface area (TPSA) is 67.2 Å². The van der Waals surface area contributed by atoms with Crippen molar-refractivity contribution in [2.75, 3.05) is 17.2 Å². The third-order valence-electron chi connectivity index (χ3n) is 2.51. The van der Waals surface area contributed by atoms with Crippen LogP contribution in [0.5, 0.6) is 0 Å². The Kier molecular flexibility index (Phi) is 5.82. The second kappa shape index (κ2) is 7.14. The molecule has 0 fully saturated rings. The Hall–Kier alpha value is -1.76. The van der Waals surface area contributed by atoms with Crippen molar-refractivity contribution in [3.05, 3.63) is 24.3 Å². The van der Waals surface area contributed by atoms with Gasteiger partial charge in [-0.1, -0.05) is 12.1 Å². The molecule has 20 heavy (non-hydrogen) atoms. The summed E-state index contributed by atoms with van der Waals surface area (Å²) >= 11 is 0. The molecule has 0 aromatic heterocycles. The summed E-state index contributed by atoms with van der Waals surface area (Å²) in [6, 6.07) is 6.16. The average Bonchev–Trinajstić information content (AvgIpc) is 2.34. The largest absolute Gasteiger partial charge is 0.405 e. The summed E-state index contributed by atoms with van der Waals surface area (Å²) in [4.78, 5) is 11.7. The molecule has 1 aromatic carbocycles. The minimum Gasteiger partial charge on any atom is -0.375 e. The Morgan fingerprint density at radius 1 is 1.30 bits per heavy atom. The van der Waals surface area contributed by atoms with Crippen molar-refractivity contribution >= 4 is 17.3 Å². The van der Waals surface area contributed by atoms with Gasteiger partial charge in [0.2, 0.25) is 5.91 Å². The first kappa shape index (κ1) is 16.3. The molecule has 7 heteroatoms. The fraction of sp³-hybridized carbons (Fsp3) is 0.462. The van der Waals surface area contributed by atoms with E-state index in [0.29, 0.717) is 12.1 Å². The van der Waals surface area contributed by atoms with Gasteiger partial charge in [-0.3, -0.25) is 4.79 Å². The van der Waals surface area contributed by atoms with E-state index >= 15 is 0 Å². The molecule has 0 aliphatic rings. The number of nitrogens with one attached hydrogen (secondary N) is 2. The fourth-order valence-electron chi connectivity index (χ4n) is 1.51. The molecule has 1 aromatic rings. The number of carbonyl (C=O) groups is 1. The maximum Gasteiger partial charge on any atom is 0.405 e. The van der Waals surface area contributed by atoms with Crippen LogP contribution in [0.4, 0.5) is 24.5 Å². The Morgan fingerprint density at radius 2 is 1.90 bits per heavy atom. The van der Waals surface area contributed by atoms with Crippen molar-refractivity contribution in [1.29, 1.82) is 0 Å². The molecule has 0 heterocycles. The Balaban J connectivity index is 2.63. The van der Waals surface area contributed by atoms with Crippen molar-refractivity contribution in [2.45, 2.75) is 32.0 Å². The van der Waals surface area contributed by atoms with Crippen LogP contribution in [-0.4, -0.2) is 24.7 Å². The summed E-state index contributed by atoms with van der Waals surface area (Å²) in [5, 5.41) is 4.84. The molecule has 0 radical (unpaired) electrons. The Morgan fingerprint density at radius 3 is 2.45 bits per heavy atom. The first-order valence-corrected chi connectivity index (χ1v) is 6.23.